The Bertz CT molecular complexity index is 825. The number of hydrogen-bond acceptors (Lipinski definition) is 4. The van der Waals surface area contributed by atoms with Gasteiger partial charge < -0.3 is 18.9 Å². The van der Waals surface area contributed by atoms with Crippen molar-refractivity contribution in [2.75, 3.05) is 20.8 Å². The highest BCUT2D eigenvalue weighted by atomic mass is 16.5. The summed E-state index contributed by atoms with van der Waals surface area (Å²) in [5.74, 6) is 2.30. The Balaban J connectivity index is 2.20. The van der Waals surface area contributed by atoms with Crippen LogP contribution in [-0.4, -0.2) is 26.4 Å². The summed E-state index contributed by atoms with van der Waals surface area (Å²) in [6.07, 6.45) is 3.40. The highest BCUT2D eigenvalue weighted by Crippen LogP contribution is 2.37. The first-order valence-corrected chi connectivity index (χ1v) is 12.3. The second-order valence-corrected chi connectivity index (χ2v) is 9.64. The molecule has 2 aromatic carbocycles. The van der Waals surface area contributed by atoms with Gasteiger partial charge in [0.25, 0.3) is 0 Å². The monoisotopic (exact) mass is 456 g/mol. The highest BCUT2D eigenvalue weighted by molar-refractivity contribution is 5.47. The number of rotatable bonds is 13. The van der Waals surface area contributed by atoms with Gasteiger partial charge in [0, 0.05) is 25.3 Å². The topological polar surface area (TPSA) is 36.9 Å². The van der Waals surface area contributed by atoms with Crippen molar-refractivity contribution < 1.29 is 18.9 Å². The minimum absolute atomic E-state index is 0.0890. The molecule has 0 aliphatic carbocycles. The standard InChI is InChI=1S/C29H44O4/c1-10-12-23(11-2)24-13-15-25(16-14-24)33-29(6,7)19-32-28-26(21(4)30-8)17-20(3)18-27(28)22(5)31-9/h13-18,21-23H,10-12,19H2,1-9H3. The van der Waals surface area contributed by atoms with Gasteiger partial charge in [0.05, 0.1) is 12.2 Å². The van der Waals surface area contributed by atoms with Gasteiger partial charge in [-0.3, -0.25) is 0 Å². The fourth-order valence-electron chi connectivity index (χ4n) is 4.21. The van der Waals surface area contributed by atoms with E-state index in [0.29, 0.717) is 12.5 Å². The van der Waals surface area contributed by atoms with Crippen LogP contribution in [0.25, 0.3) is 0 Å². The Morgan fingerprint density at radius 1 is 0.879 bits per heavy atom. The van der Waals surface area contributed by atoms with E-state index in [4.69, 9.17) is 18.9 Å². The van der Waals surface area contributed by atoms with Gasteiger partial charge in [0.2, 0.25) is 0 Å². The van der Waals surface area contributed by atoms with E-state index in [0.717, 1.165) is 34.6 Å². The van der Waals surface area contributed by atoms with Crippen LogP contribution in [0.4, 0.5) is 0 Å². The van der Waals surface area contributed by atoms with Gasteiger partial charge in [-0.05, 0) is 83.2 Å². The third-order valence-electron chi connectivity index (χ3n) is 6.31. The van der Waals surface area contributed by atoms with Crippen LogP contribution >= 0.6 is 0 Å². The molecule has 0 spiro atoms. The van der Waals surface area contributed by atoms with E-state index in [-0.39, 0.29) is 12.2 Å². The summed E-state index contributed by atoms with van der Waals surface area (Å²) < 4.78 is 24.0. The molecule has 0 saturated heterocycles. The van der Waals surface area contributed by atoms with Crippen molar-refractivity contribution in [1.29, 1.82) is 0 Å². The van der Waals surface area contributed by atoms with Crippen molar-refractivity contribution in [2.45, 2.75) is 91.5 Å². The lowest BCUT2D eigenvalue weighted by Gasteiger charge is -2.29. The van der Waals surface area contributed by atoms with Gasteiger partial charge in [-0.25, -0.2) is 0 Å². The Morgan fingerprint density at radius 3 is 1.88 bits per heavy atom. The van der Waals surface area contributed by atoms with Gasteiger partial charge in [-0.2, -0.15) is 0 Å². The van der Waals surface area contributed by atoms with Crippen molar-refractivity contribution in [2.24, 2.45) is 0 Å². The molecule has 0 radical (unpaired) electrons. The quantitative estimate of drug-likeness (QED) is 0.306. The fraction of sp³-hybridized carbons (Fsp3) is 0.586. The normalized spacial score (nSPS) is 14.6. The highest BCUT2D eigenvalue weighted by Gasteiger charge is 2.26. The number of aryl methyl sites for hydroxylation is 1. The summed E-state index contributed by atoms with van der Waals surface area (Å²) in [7, 11) is 3.44. The van der Waals surface area contributed by atoms with Crippen LogP contribution in [-0.2, 0) is 9.47 Å². The van der Waals surface area contributed by atoms with E-state index < -0.39 is 5.60 Å². The maximum atomic E-state index is 6.43. The second kappa shape index (κ2) is 12.4. The van der Waals surface area contributed by atoms with Crippen molar-refractivity contribution >= 4 is 0 Å². The maximum Gasteiger partial charge on any atom is 0.137 e. The molecule has 0 aliphatic rings. The number of hydrogen-bond donors (Lipinski definition) is 0. The van der Waals surface area contributed by atoms with Crippen LogP contribution in [0, 0.1) is 6.92 Å². The predicted molar refractivity (Wildman–Crippen MR) is 137 cm³/mol. The van der Waals surface area contributed by atoms with Crippen LogP contribution in [0.1, 0.15) is 101 Å². The average Bonchev–Trinajstić information content (AvgIpc) is 2.80. The molecular weight excluding hydrogens is 412 g/mol. The lowest BCUT2D eigenvalue weighted by Crippen LogP contribution is -2.36. The van der Waals surface area contributed by atoms with Gasteiger partial charge in [0.15, 0.2) is 0 Å². The maximum absolute atomic E-state index is 6.43. The Labute approximate surface area is 201 Å². The van der Waals surface area contributed by atoms with Crippen LogP contribution in [0.15, 0.2) is 36.4 Å². The summed E-state index contributed by atoms with van der Waals surface area (Å²) in [4.78, 5) is 0. The van der Waals surface area contributed by atoms with Gasteiger partial charge in [-0.15, -0.1) is 0 Å². The zero-order chi connectivity index (χ0) is 24.6. The molecule has 184 valence electrons. The summed E-state index contributed by atoms with van der Waals surface area (Å²) in [6.45, 7) is 15.2. The van der Waals surface area contributed by atoms with Crippen molar-refractivity contribution in [3.63, 3.8) is 0 Å². The molecule has 4 nitrogen and oxygen atoms in total. The van der Waals surface area contributed by atoms with Crippen LogP contribution in [0.5, 0.6) is 11.5 Å². The lowest BCUT2D eigenvalue weighted by atomic mass is 9.92. The number of methoxy groups -OCH3 is 2. The Morgan fingerprint density at radius 2 is 1.42 bits per heavy atom. The first-order chi connectivity index (χ1) is 15.6. The summed E-state index contributed by atoms with van der Waals surface area (Å²) in [5, 5.41) is 0. The molecule has 0 bridgehead atoms. The Kier molecular flexibility index (Phi) is 10.2. The second-order valence-electron chi connectivity index (χ2n) is 9.64. The van der Waals surface area contributed by atoms with Crippen LogP contribution in [0.3, 0.4) is 0 Å². The zero-order valence-electron chi connectivity index (χ0n) is 22.2. The average molecular weight is 457 g/mol. The van der Waals surface area contributed by atoms with Crippen LogP contribution < -0.4 is 9.47 Å². The molecule has 0 saturated carbocycles. The minimum Gasteiger partial charge on any atom is -0.489 e. The first-order valence-electron chi connectivity index (χ1n) is 12.3. The smallest absolute Gasteiger partial charge is 0.137 e. The molecule has 2 rings (SSSR count). The third kappa shape index (κ3) is 7.48. The van der Waals surface area contributed by atoms with E-state index in [1.165, 1.54) is 18.4 Å². The summed E-state index contributed by atoms with van der Waals surface area (Å²) >= 11 is 0. The molecule has 0 aliphatic heterocycles. The van der Waals surface area contributed by atoms with E-state index >= 15 is 0 Å². The first kappa shape index (κ1) is 27.2. The zero-order valence-corrected chi connectivity index (χ0v) is 22.2. The molecule has 33 heavy (non-hydrogen) atoms. The SMILES string of the molecule is CCCC(CC)c1ccc(OC(C)(C)COc2c(C(C)OC)cc(C)cc2C(C)OC)cc1. The molecule has 0 N–H and O–H groups in total. The predicted octanol–water partition coefficient (Wildman–Crippen LogP) is 7.94. The fourth-order valence-corrected chi connectivity index (χ4v) is 4.21. The molecular formula is C29H44O4. The molecule has 0 fully saturated rings. The lowest BCUT2D eigenvalue weighted by molar-refractivity contribution is 0.0460. The van der Waals surface area contributed by atoms with E-state index in [1.807, 2.05) is 13.8 Å². The molecule has 4 heteroatoms. The molecule has 0 heterocycles. The molecule has 0 amide bonds. The van der Waals surface area contributed by atoms with Crippen molar-refractivity contribution in [3.8, 4) is 11.5 Å². The third-order valence-corrected chi connectivity index (χ3v) is 6.31. The Hall–Kier alpha value is -2.04. The van der Waals surface area contributed by atoms with Gasteiger partial charge in [-0.1, -0.05) is 38.0 Å². The largest absolute Gasteiger partial charge is 0.489 e. The molecule has 2 aromatic rings. The number of ether oxygens (including phenoxy) is 4. The minimum atomic E-state index is -0.513. The molecule has 0 aromatic heterocycles. The number of benzene rings is 2. The van der Waals surface area contributed by atoms with Gasteiger partial charge in [0.1, 0.15) is 23.7 Å². The van der Waals surface area contributed by atoms with E-state index in [1.54, 1.807) is 14.2 Å². The van der Waals surface area contributed by atoms with Crippen molar-refractivity contribution in [3.05, 3.63) is 58.7 Å². The summed E-state index contributed by atoms with van der Waals surface area (Å²) in [5.41, 5.74) is 4.08. The van der Waals surface area contributed by atoms with Crippen molar-refractivity contribution in [1.82, 2.24) is 0 Å². The molecule has 3 atom stereocenters. The van der Waals surface area contributed by atoms with E-state index in [9.17, 15) is 0 Å². The van der Waals surface area contributed by atoms with Gasteiger partial charge >= 0.3 is 0 Å². The molecule has 3 unspecified atom stereocenters. The summed E-state index contributed by atoms with van der Waals surface area (Å²) in [6, 6.07) is 12.8. The van der Waals surface area contributed by atoms with Crippen LogP contribution in [0.2, 0.25) is 0 Å². The van der Waals surface area contributed by atoms with E-state index in [2.05, 4.69) is 71.0 Å².